The van der Waals surface area contributed by atoms with Gasteiger partial charge in [0.25, 0.3) is 0 Å². The van der Waals surface area contributed by atoms with Gasteiger partial charge in [-0.05, 0) is 18.9 Å². The van der Waals surface area contributed by atoms with Crippen molar-refractivity contribution < 1.29 is 35.3 Å². The van der Waals surface area contributed by atoms with Crippen LogP contribution in [0.25, 0.3) is 32.7 Å². The Balaban J connectivity index is 0.000000292. The maximum Gasteiger partial charge on any atom is 4.00 e. The fourth-order valence-electron chi connectivity index (χ4n) is 3.65. The molecule has 0 aliphatic rings. The molecule has 0 heterocycles. The summed E-state index contributed by atoms with van der Waals surface area (Å²) in [5, 5.41) is 6.95. The van der Waals surface area contributed by atoms with Crippen LogP contribution < -0.4 is 14.7 Å². The molecule has 0 amide bonds. The summed E-state index contributed by atoms with van der Waals surface area (Å²) in [6.07, 6.45) is 0. The summed E-state index contributed by atoms with van der Waals surface area (Å²) in [4.78, 5) is 0. The molecule has 4 heteroatoms. The van der Waals surface area contributed by atoms with Crippen LogP contribution in [0.15, 0.2) is 97.1 Å². The Hall–Kier alpha value is -1.96. The molecule has 5 aromatic carbocycles. The maximum absolute atomic E-state index is 2.31. The van der Waals surface area contributed by atoms with E-state index < -0.39 is 0 Å². The molecular formula is C27H25F2HfP. The number of fused-ring (bicyclic) bond motifs is 2. The molecule has 5 aromatic rings. The standard InChI is InChI=1S/C16H13.C11H12P.2FH.Hf/c1-12-10-14-8-5-9-15(16(14)11-12)13-6-3-2-4-7-13;1-12(2)11-7-9-5-3-4-6-10(9)8-11;;;/h2-11H,1H3;3-8H,1-2H3;2*1H;/q2*-1;;;+4/p-2. The summed E-state index contributed by atoms with van der Waals surface area (Å²) >= 11 is 0. The Bertz CT molecular complexity index is 1170. The second kappa shape index (κ2) is 12.2. The summed E-state index contributed by atoms with van der Waals surface area (Å²) < 4.78 is 0. The molecule has 0 nitrogen and oxygen atoms in total. The molecular weight excluding hydrogens is 572 g/mol. The van der Waals surface area contributed by atoms with Crippen molar-refractivity contribution in [3.05, 3.63) is 103 Å². The molecule has 31 heavy (non-hydrogen) atoms. The Morgan fingerprint density at radius 3 is 2.00 bits per heavy atom. The van der Waals surface area contributed by atoms with Gasteiger partial charge < -0.3 is 9.41 Å². The van der Waals surface area contributed by atoms with Crippen molar-refractivity contribution >= 4 is 34.8 Å². The number of aryl methyl sites for hydroxylation is 1. The van der Waals surface area contributed by atoms with Gasteiger partial charge in [-0.2, -0.15) is 12.1 Å². The largest absolute Gasteiger partial charge is 4.00 e. The second-order valence-electron chi connectivity index (χ2n) is 7.44. The average molecular weight is 597 g/mol. The third-order valence-electron chi connectivity index (χ3n) is 5.10. The van der Waals surface area contributed by atoms with Gasteiger partial charge in [0.1, 0.15) is 0 Å². The minimum atomic E-state index is 0. The number of rotatable bonds is 2. The number of hydrogen-bond acceptors (Lipinski definition) is 0. The normalized spacial score (nSPS) is 9.94. The summed E-state index contributed by atoms with van der Waals surface area (Å²) in [6, 6.07) is 34.7. The third kappa shape index (κ3) is 6.28. The van der Waals surface area contributed by atoms with E-state index >= 15 is 0 Å². The third-order valence-corrected chi connectivity index (χ3v) is 6.39. The van der Waals surface area contributed by atoms with Crippen molar-refractivity contribution in [3.8, 4) is 11.1 Å². The smallest absolute Gasteiger partial charge is 1.00 e. The molecule has 0 aliphatic heterocycles. The van der Waals surface area contributed by atoms with E-state index in [0.29, 0.717) is 0 Å². The van der Waals surface area contributed by atoms with E-state index in [9.17, 15) is 0 Å². The monoisotopic (exact) mass is 598 g/mol. The molecule has 0 aromatic heterocycles. The van der Waals surface area contributed by atoms with E-state index in [1.807, 2.05) is 0 Å². The van der Waals surface area contributed by atoms with Crippen LogP contribution in [0.3, 0.4) is 0 Å². The first-order valence-corrected chi connectivity index (χ1v) is 11.9. The number of halogens is 2. The van der Waals surface area contributed by atoms with Gasteiger partial charge in [-0.1, -0.05) is 55.0 Å². The van der Waals surface area contributed by atoms with Crippen molar-refractivity contribution in [2.24, 2.45) is 0 Å². The summed E-state index contributed by atoms with van der Waals surface area (Å²) in [5.74, 6) is 0. The zero-order chi connectivity index (χ0) is 19.5. The van der Waals surface area contributed by atoms with Gasteiger partial charge in [0.2, 0.25) is 0 Å². The molecule has 0 unspecified atom stereocenters. The van der Waals surface area contributed by atoms with Crippen LogP contribution in [0, 0.1) is 6.92 Å². The van der Waals surface area contributed by atoms with Crippen molar-refractivity contribution in [2.75, 3.05) is 13.3 Å². The molecule has 156 valence electrons. The van der Waals surface area contributed by atoms with Gasteiger partial charge in [0.15, 0.2) is 0 Å². The van der Waals surface area contributed by atoms with E-state index in [1.54, 1.807) is 0 Å². The summed E-state index contributed by atoms with van der Waals surface area (Å²) in [7, 11) is 0.0576. The molecule has 0 radical (unpaired) electrons. The fourth-order valence-corrected chi connectivity index (χ4v) is 4.44. The van der Waals surface area contributed by atoms with Crippen molar-refractivity contribution in [1.82, 2.24) is 0 Å². The molecule has 0 saturated carbocycles. The fraction of sp³-hybridized carbons (Fsp3) is 0.111. The molecule has 0 fully saturated rings. The topological polar surface area (TPSA) is 0 Å². The van der Waals surface area contributed by atoms with Gasteiger partial charge in [0.05, 0.1) is 0 Å². The van der Waals surface area contributed by atoms with Crippen LogP contribution in [0.2, 0.25) is 0 Å². The van der Waals surface area contributed by atoms with E-state index in [-0.39, 0.29) is 43.2 Å². The van der Waals surface area contributed by atoms with Crippen LogP contribution in [0.1, 0.15) is 5.56 Å². The van der Waals surface area contributed by atoms with E-state index in [1.165, 1.54) is 43.5 Å². The Morgan fingerprint density at radius 1 is 0.677 bits per heavy atom. The predicted octanol–water partition coefficient (Wildman–Crippen LogP) is 1.47. The van der Waals surface area contributed by atoms with Gasteiger partial charge >= 0.3 is 25.8 Å². The number of hydrogen-bond donors (Lipinski definition) is 0. The van der Waals surface area contributed by atoms with Gasteiger partial charge in [-0.25, -0.2) is 0 Å². The summed E-state index contributed by atoms with van der Waals surface area (Å²) in [6.45, 7) is 6.74. The Kier molecular flexibility index (Phi) is 10.6. The molecule has 5 rings (SSSR count). The van der Waals surface area contributed by atoms with Gasteiger partial charge in [-0.15, -0.1) is 82.8 Å². The van der Waals surface area contributed by atoms with E-state index in [0.717, 1.165) is 0 Å². The molecule has 0 spiro atoms. The van der Waals surface area contributed by atoms with Crippen LogP contribution in [0.5, 0.6) is 0 Å². The first kappa shape index (κ1) is 27.1. The molecule has 0 aliphatic carbocycles. The second-order valence-corrected chi connectivity index (χ2v) is 9.75. The van der Waals surface area contributed by atoms with E-state index in [4.69, 9.17) is 0 Å². The number of benzene rings is 3. The minimum Gasteiger partial charge on any atom is -1.00 e. The summed E-state index contributed by atoms with van der Waals surface area (Å²) in [5.41, 5.74) is 3.95. The minimum absolute atomic E-state index is 0. The zero-order valence-corrected chi connectivity index (χ0v) is 22.4. The maximum atomic E-state index is 2.31. The first-order chi connectivity index (χ1) is 13.6. The van der Waals surface area contributed by atoms with Crippen LogP contribution in [-0.4, -0.2) is 13.3 Å². The van der Waals surface area contributed by atoms with Gasteiger partial charge in [-0.3, -0.25) is 0 Å². The average Bonchev–Trinajstić information content (AvgIpc) is 3.31. The molecule has 0 atom stereocenters. The van der Waals surface area contributed by atoms with Crippen LogP contribution in [0.4, 0.5) is 0 Å². The van der Waals surface area contributed by atoms with Crippen molar-refractivity contribution in [3.63, 3.8) is 0 Å². The van der Waals surface area contributed by atoms with Crippen molar-refractivity contribution in [2.45, 2.75) is 6.92 Å². The van der Waals surface area contributed by atoms with E-state index in [2.05, 4.69) is 117 Å². The quantitative estimate of drug-likeness (QED) is 0.165. The SMILES string of the molecule is CP(C)c1cc2ccccc2[cH-]1.Cc1cc2c(-c3ccccc3)cccc2[cH-]1.[F-].[F-].[Hf+4]. The Labute approximate surface area is 203 Å². The first-order valence-electron chi connectivity index (χ1n) is 9.66. The van der Waals surface area contributed by atoms with Crippen LogP contribution >= 0.6 is 7.92 Å². The van der Waals surface area contributed by atoms with Gasteiger partial charge in [0, 0.05) is 0 Å². The molecule has 0 bridgehead atoms. The zero-order valence-electron chi connectivity index (χ0n) is 17.9. The van der Waals surface area contributed by atoms with Crippen LogP contribution in [-0.2, 0) is 25.8 Å². The Morgan fingerprint density at radius 2 is 1.32 bits per heavy atom. The van der Waals surface area contributed by atoms with Crippen molar-refractivity contribution in [1.29, 1.82) is 0 Å². The molecule has 0 N–H and O–H groups in total. The molecule has 0 saturated heterocycles. The predicted molar refractivity (Wildman–Crippen MR) is 128 cm³/mol.